The number of hydrogen-bond acceptors (Lipinski definition) is 6. The maximum absolute atomic E-state index is 12.0. The number of fused-ring (bicyclic) bond motifs is 1. The summed E-state index contributed by atoms with van der Waals surface area (Å²) >= 11 is -0.692. The first-order valence-electron chi connectivity index (χ1n) is 9.88. The average molecular weight is 461 g/mol. The number of aliphatic hydroxyl groups is 1. The fourth-order valence-electron chi connectivity index (χ4n) is 3.41. The minimum absolute atomic E-state index is 0.179. The van der Waals surface area contributed by atoms with Crippen molar-refractivity contribution in [1.82, 2.24) is 10.5 Å². The SMILES string of the molecule is C[C@](CCc1nc2ccc(C#CC#C[C@@H]3CC[C@H]3CO)cc2s1)(CS(=O)O)C(=O)NO. The lowest BCUT2D eigenvalue weighted by Crippen LogP contribution is -2.41. The van der Waals surface area contributed by atoms with Crippen LogP contribution in [0.3, 0.4) is 0 Å². The Balaban J connectivity index is 1.68. The standard InChI is InChI=1S/C22H24N2O5S2/c1-22(14-31(28)29,21(26)24-27)11-10-20-23-18-9-6-15(12-19(18)30-20)4-2-3-5-16-7-8-17(16)13-25/h6,9,12,16-17,25,27H,7-8,10-11,13-14H2,1H3,(H,24,26)(H,28,29)/t16-,17+,22+/m1/s1. The Hall–Kier alpha value is -2.27. The van der Waals surface area contributed by atoms with Crippen molar-refractivity contribution >= 4 is 38.5 Å². The summed E-state index contributed by atoms with van der Waals surface area (Å²) in [5, 5.41) is 18.9. The van der Waals surface area contributed by atoms with Crippen molar-refractivity contribution in [3.05, 3.63) is 28.8 Å². The Labute approximate surface area is 187 Å². The maximum Gasteiger partial charge on any atom is 0.250 e. The Morgan fingerprint density at radius 1 is 1.39 bits per heavy atom. The van der Waals surface area contributed by atoms with Gasteiger partial charge >= 0.3 is 0 Å². The molecule has 164 valence electrons. The second-order valence-electron chi connectivity index (χ2n) is 7.90. The number of hydrogen-bond donors (Lipinski definition) is 4. The Kier molecular flexibility index (Phi) is 7.82. The molecule has 0 bridgehead atoms. The molecule has 1 aliphatic rings. The van der Waals surface area contributed by atoms with Gasteiger partial charge in [-0.2, -0.15) is 0 Å². The van der Waals surface area contributed by atoms with Gasteiger partial charge in [-0.15, -0.1) is 11.3 Å². The van der Waals surface area contributed by atoms with Gasteiger partial charge in [0.2, 0.25) is 5.91 Å². The van der Waals surface area contributed by atoms with Gasteiger partial charge in [-0.05, 0) is 62.1 Å². The van der Waals surface area contributed by atoms with Crippen molar-refractivity contribution in [2.75, 3.05) is 12.4 Å². The Bertz CT molecular complexity index is 1110. The molecule has 9 heteroatoms. The molecule has 7 nitrogen and oxygen atoms in total. The zero-order chi connectivity index (χ0) is 22.4. The van der Waals surface area contributed by atoms with Crippen LogP contribution >= 0.6 is 11.3 Å². The van der Waals surface area contributed by atoms with E-state index in [1.54, 1.807) is 12.4 Å². The summed E-state index contributed by atoms with van der Waals surface area (Å²) in [4.78, 5) is 16.5. The van der Waals surface area contributed by atoms with E-state index in [0.717, 1.165) is 33.6 Å². The summed E-state index contributed by atoms with van der Waals surface area (Å²) in [5.41, 5.74) is 2.04. The molecule has 1 aromatic heterocycles. The second kappa shape index (κ2) is 10.4. The van der Waals surface area contributed by atoms with E-state index >= 15 is 0 Å². The van der Waals surface area contributed by atoms with Gasteiger partial charge in [-0.3, -0.25) is 10.0 Å². The van der Waals surface area contributed by atoms with E-state index in [1.807, 2.05) is 18.2 Å². The van der Waals surface area contributed by atoms with Crippen molar-refractivity contribution in [2.24, 2.45) is 17.3 Å². The maximum atomic E-state index is 12.0. The molecule has 0 saturated heterocycles. The van der Waals surface area contributed by atoms with Gasteiger partial charge in [0, 0.05) is 24.5 Å². The van der Waals surface area contributed by atoms with Crippen LogP contribution in [-0.4, -0.2) is 42.3 Å². The third kappa shape index (κ3) is 5.91. The number of aromatic nitrogens is 1. The van der Waals surface area contributed by atoms with E-state index in [-0.39, 0.29) is 30.6 Å². The molecule has 2 aromatic rings. The lowest BCUT2D eigenvalue weighted by Gasteiger charge is -2.30. The molecule has 3 rings (SSSR count). The molecule has 1 amide bonds. The molecule has 1 unspecified atom stereocenters. The number of aryl methyl sites for hydroxylation is 1. The summed E-state index contributed by atoms with van der Waals surface area (Å²) in [7, 11) is 0. The Morgan fingerprint density at radius 2 is 2.19 bits per heavy atom. The smallest absolute Gasteiger partial charge is 0.250 e. The van der Waals surface area contributed by atoms with Crippen LogP contribution in [0.1, 0.15) is 36.8 Å². The molecular weight excluding hydrogens is 436 g/mol. The highest BCUT2D eigenvalue weighted by Gasteiger charge is 2.35. The highest BCUT2D eigenvalue weighted by Crippen LogP contribution is 2.33. The zero-order valence-electron chi connectivity index (χ0n) is 17.1. The summed E-state index contributed by atoms with van der Waals surface area (Å²) in [6.07, 6.45) is 2.74. The van der Waals surface area contributed by atoms with Gasteiger partial charge in [0.1, 0.15) is 0 Å². The number of nitrogens with one attached hydrogen (secondary N) is 1. The molecule has 1 fully saturated rings. The van der Waals surface area contributed by atoms with Gasteiger partial charge in [0.05, 0.1) is 26.4 Å². The summed E-state index contributed by atoms with van der Waals surface area (Å²) in [5.74, 6) is 11.5. The number of amides is 1. The topological polar surface area (TPSA) is 120 Å². The first-order chi connectivity index (χ1) is 14.8. The van der Waals surface area contributed by atoms with E-state index in [9.17, 15) is 18.7 Å². The minimum Gasteiger partial charge on any atom is -0.396 e. The van der Waals surface area contributed by atoms with Crippen LogP contribution in [0.4, 0.5) is 0 Å². The molecule has 0 aliphatic heterocycles. The molecule has 1 aromatic carbocycles. The third-order valence-corrected chi connectivity index (χ3v) is 7.56. The normalized spacial score (nSPS) is 20.4. The van der Waals surface area contributed by atoms with Crippen LogP contribution in [0.25, 0.3) is 10.2 Å². The van der Waals surface area contributed by atoms with Crippen LogP contribution < -0.4 is 5.48 Å². The zero-order valence-corrected chi connectivity index (χ0v) is 18.7. The quantitative estimate of drug-likeness (QED) is 0.218. The summed E-state index contributed by atoms with van der Waals surface area (Å²) in [6, 6.07) is 5.69. The van der Waals surface area contributed by atoms with Crippen LogP contribution in [-0.2, 0) is 22.3 Å². The van der Waals surface area contributed by atoms with E-state index in [4.69, 9.17) is 5.21 Å². The largest absolute Gasteiger partial charge is 0.396 e. The van der Waals surface area contributed by atoms with Crippen LogP contribution in [0.5, 0.6) is 0 Å². The van der Waals surface area contributed by atoms with Crippen molar-refractivity contribution in [3.63, 3.8) is 0 Å². The highest BCUT2D eigenvalue weighted by atomic mass is 32.2. The van der Waals surface area contributed by atoms with Crippen LogP contribution in [0.2, 0.25) is 0 Å². The molecule has 31 heavy (non-hydrogen) atoms. The van der Waals surface area contributed by atoms with Gasteiger partial charge in [-0.1, -0.05) is 11.8 Å². The second-order valence-corrected chi connectivity index (χ2v) is 9.95. The van der Waals surface area contributed by atoms with Crippen LogP contribution in [0.15, 0.2) is 18.2 Å². The predicted molar refractivity (Wildman–Crippen MR) is 120 cm³/mol. The third-order valence-electron chi connectivity index (χ3n) is 5.59. The fraction of sp³-hybridized carbons (Fsp3) is 0.455. The van der Waals surface area contributed by atoms with Gasteiger partial charge in [0.25, 0.3) is 0 Å². The van der Waals surface area contributed by atoms with Crippen molar-refractivity contribution < 1.29 is 23.9 Å². The Morgan fingerprint density at radius 3 is 2.84 bits per heavy atom. The monoisotopic (exact) mass is 460 g/mol. The lowest BCUT2D eigenvalue weighted by molar-refractivity contribution is -0.138. The molecule has 1 heterocycles. The lowest BCUT2D eigenvalue weighted by atomic mass is 9.75. The van der Waals surface area contributed by atoms with E-state index in [1.165, 1.54) is 11.3 Å². The number of aliphatic hydroxyl groups excluding tert-OH is 1. The minimum atomic E-state index is -2.17. The van der Waals surface area contributed by atoms with E-state index in [0.29, 0.717) is 6.42 Å². The van der Waals surface area contributed by atoms with Crippen molar-refractivity contribution in [3.8, 4) is 23.7 Å². The van der Waals surface area contributed by atoms with E-state index in [2.05, 4.69) is 28.7 Å². The predicted octanol–water partition coefficient (Wildman–Crippen LogP) is 2.34. The molecular formula is C22H24N2O5S2. The number of thiazole rings is 1. The fourth-order valence-corrected chi connectivity index (χ4v) is 5.23. The molecule has 0 spiro atoms. The van der Waals surface area contributed by atoms with Gasteiger partial charge < -0.3 is 9.66 Å². The molecule has 4 atom stereocenters. The summed E-state index contributed by atoms with van der Waals surface area (Å²) < 4.78 is 21.4. The average Bonchev–Trinajstić information content (AvgIpc) is 3.12. The number of rotatable bonds is 7. The van der Waals surface area contributed by atoms with Gasteiger partial charge in [-0.25, -0.2) is 14.7 Å². The van der Waals surface area contributed by atoms with Crippen LogP contribution in [0, 0.1) is 40.9 Å². The molecule has 1 saturated carbocycles. The van der Waals surface area contributed by atoms with Crippen molar-refractivity contribution in [1.29, 1.82) is 0 Å². The number of carbonyl (C=O) groups excluding carboxylic acids is 1. The number of nitrogens with zero attached hydrogens (tertiary/aromatic N) is 1. The van der Waals surface area contributed by atoms with Crippen molar-refractivity contribution in [2.45, 2.75) is 32.6 Å². The van der Waals surface area contributed by atoms with Gasteiger partial charge in [0.15, 0.2) is 11.1 Å². The first kappa shape index (κ1) is 23.4. The number of benzene rings is 1. The first-order valence-corrected chi connectivity index (χ1v) is 12.0. The number of hydroxylamine groups is 1. The van der Waals surface area contributed by atoms with E-state index < -0.39 is 22.4 Å². The molecule has 1 aliphatic carbocycles. The molecule has 0 radical (unpaired) electrons. The summed E-state index contributed by atoms with van der Waals surface area (Å²) in [6.45, 7) is 1.72. The highest BCUT2D eigenvalue weighted by molar-refractivity contribution is 7.79. The molecule has 4 N–H and O–H groups in total. The number of carbonyl (C=O) groups is 1.